The predicted molar refractivity (Wildman–Crippen MR) is 58.4 cm³/mol. The summed E-state index contributed by atoms with van der Waals surface area (Å²) in [5, 5.41) is 7.62. The molecule has 0 unspecified atom stereocenters. The molecule has 1 aliphatic rings. The summed E-state index contributed by atoms with van der Waals surface area (Å²) in [6.07, 6.45) is 0. The number of rotatable bonds is 0. The lowest BCUT2D eigenvalue weighted by Gasteiger charge is -2.09. The van der Waals surface area contributed by atoms with Crippen LogP contribution in [0.2, 0.25) is 0 Å². The lowest BCUT2D eigenvalue weighted by atomic mass is 10.4. The molecule has 0 aliphatic carbocycles. The van der Waals surface area contributed by atoms with Gasteiger partial charge in [-0.1, -0.05) is 12.1 Å². The summed E-state index contributed by atoms with van der Waals surface area (Å²) < 4.78 is 0. The van der Waals surface area contributed by atoms with Crippen LogP contribution in [0.4, 0.5) is 0 Å². The molecular weight excluding hydrogens is 216 g/mol. The maximum atomic E-state index is 2.29. The van der Waals surface area contributed by atoms with E-state index in [1.54, 1.807) is 10.4 Å². The number of hydrogen-bond acceptors (Lipinski definition) is 2. The van der Waals surface area contributed by atoms with Crippen LogP contribution >= 0.6 is 22.7 Å². The second kappa shape index (κ2) is 2.66. The highest BCUT2D eigenvalue weighted by atomic mass is 32.1. The van der Waals surface area contributed by atoms with Crippen LogP contribution in [0, 0.1) is 0 Å². The zero-order valence-corrected chi connectivity index (χ0v) is 9.76. The van der Waals surface area contributed by atoms with Crippen LogP contribution in [0.1, 0.15) is 0 Å². The molecule has 0 aromatic carbocycles. The van der Waals surface area contributed by atoms with Gasteiger partial charge >= 0.3 is 0 Å². The molecule has 4 radical (unpaired) electrons. The van der Waals surface area contributed by atoms with Crippen LogP contribution in [-0.4, -0.2) is 18.1 Å². The Kier molecular flexibility index (Phi) is 1.61. The second-order valence-corrected chi connectivity index (χ2v) is 7.49. The van der Waals surface area contributed by atoms with Gasteiger partial charge in [-0.15, -0.1) is 22.7 Å². The Labute approximate surface area is 83.7 Å². The van der Waals surface area contributed by atoms with Gasteiger partial charge in [0.25, 0.3) is 0 Å². The molecule has 3 rings (SSSR count). The fourth-order valence-corrected chi connectivity index (χ4v) is 7.86. The molecule has 0 N–H and O–H groups in total. The van der Waals surface area contributed by atoms with Crippen molar-refractivity contribution in [3.63, 3.8) is 0 Å². The van der Waals surface area contributed by atoms with Gasteiger partial charge in [-0.3, -0.25) is 0 Å². The minimum absolute atomic E-state index is 1.03. The first-order valence-corrected chi connectivity index (χ1v) is 8.38. The SMILES string of the molecule is c1cc2c(s1)-c1sccc1[Si][Si]2. The molecule has 0 saturated carbocycles. The van der Waals surface area contributed by atoms with Crippen LogP contribution in [0.15, 0.2) is 22.9 Å². The highest BCUT2D eigenvalue weighted by Gasteiger charge is 2.18. The molecule has 56 valence electrons. The van der Waals surface area contributed by atoms with Crippen LogP contribution in [0.25, 0.3) is 9.75 Å². The van der Waals surface area contributed by atoms with E-state index in [1.807, 2.05) is 22.7 Å². The summed E-state index contributed by atoms with van der Waals surface area (Å²) in [6, 6.07) is 4.57. The van der Waals surface area contributed by atoms with Crippen LogP contribution < -0.4 is 10.4 Å². The molecular formula is C8H4S2Si2. The monoisotopic (exact) mass is 220 g/mol. The molecule has 12 heavy (non-hydrogen) atoms. The molecule has 2 aromatic heterocycles. The average Bonchev–Trinajstić information content (AvgIpc) is 2.71. The minimum Gasteiger partial charge on any atom is -0.143 e. The maximum Gasteiger partial charge on any atom is 0.0732 e. The summed E-state index contributed by atoms with van der Waals surface area (Å²) in [4.78, 5) is 3.08. The molecule has 0 amide bonds. The largest absolute Gasteiger partial charge is 0.143 e. The third-order valence-corrected chi connectivity index (χ3v) is 7.71. The third kappa shape index (κ3) is 0.923. The van der Waals surface area contributed by atoms with Crippen molar-refractivity contribution < 1.29 is 0 Å². The van der Waals surface area contributed by atoms with E-state index in [0.29, 0.717) is 0 Å². The third-order valence-electron chi connectivity index (χ3n) is 1.87. The summed E-state index contributed by atoms with van der Waals surface area (Å²) >= 11 is 3.79. The van der Waals surface area contributed by atoms with Gasteiger partial charge in [-0.05, 0) is 21.1 Å². The smallest absolute Gasteiger partial charge is 0.0732 e. The van der Waals surface area contributed by atoms with Crippen molar-refractivity contribution in [2.45, 2.75) is 0 Å². The van der Waals surface area contributed by atoms with Gasteiger partial charge in [-0.25, -0.2) is 0 Å². The van der Waals surface area contributed by atoms with Crippen LogP contribution in [-0.2, 0) is 0 Å². The predicted octanol–water partition coefficient (Wildman–Crippen LogP) is 1.06. The number of thiophene rings is 2. The highest BCUT2D eigenvalue weighted by Crippen LogP contribution is 2.27. The quantitative estimate of drug-likeness (QED) is 0.583. The Morgan fingerprint density at radius 3 is 1.83 bits per heavy atom. The molecule has 0 spiro atoms. The number of fused-ring (bicyclic) bond motifs is 3. The van der Waals surface area contributed by atoms with Gasteiger partial charge < -0.3 is 0 Å². The van der Waals surface area contributed by atoms with Gasteiger partial charge in [0.05, 0.1) is 18.1 Å². The van der Waals surface area contributed by atoms with Crippen molar-refractivity contribution in [2.75, 3.05) is 0 Å². The second-order valence-electron chi connectivity index (χ2n) is 2.58. The molecule has 0 atom stereocenters. The van der Waals surface area contributed by atoms with E-state index < -0.39 is 0 Å². The minimum atomic E-state index is 1.03. The average molecular weight is 220 g/mol. The van der Waals surface area contributed by atoms with Crippen molar-refractivity contribution in [1.29, 1.82) is 0 Å². The van der Waals surface area contributed by atoms with Gasteiger partial charge in [-0.2, -0.15) is 0 Å². The topological polar surface area (TPSA) is 0 Å². The van der Waals surface area contributed by atoms with E-state index in [2.05, 4.69) is 22.9 Å². The van der Waals surface area contributed by atoms with Gasteiger partial charge in [0.2, 0.25) is 0 Å². The van der Waals surface area contributed by atoms with E-state index in [4.69, 9.17) is 0 Å². The summed E-state index contributed by atoms with van der Waals surface area (Å²) in [5.74, 6) is 0. The highest BCUT2D eigenvalue weighted by molar-refractivity contribution is 7.28. The van der Waals surface area contributed by atoms with E-state index >= 15 is 0 Å². The summed E-state index contributed by atoms with van der Waals surface area (Å²) in [5.41, 5.74) is 0. The molecule has 0 nitrogen and oxygen atoms in total. The molecule has 2 aromatic rings. The Balaban J connectivity index is 2.32. The molecule has 3 heterocycles. The van der Waals surface area contributed by atoms with Crippen LogP contribution in [0.5, 0.6) is 0 Å². The van der Waals surface area contributed by atoms with Crippen molar-refractivity contribution in [2.24, 2.45) is 0 Å². The zero-order valence-electron chi connectivity index (χ0n) is 6.13. The van der Waals surface area contributed by atoms with E-state index in [-0.39, 0.29) is 0 Å². The first-order chi connectivity index (χ1) is 5.95. The fraction of sp³-hybridized carbons (Fsp3) is 0. The lowest BCUT2D eigenvalue weighted by molar-refractivity contribution is 2.04. The summed E-state index contributed by atoms with van der Waals surface area (Å²) in [6.45, 7) is 0. The first-order valence-electron chi connectivity index (χ1n) is 3.62. The first kappa shape index (κ1) is 7.26. The van der Waals surface area contributed by atoms with E-state index in [9.17, 15) is 0 Å². The van der Waals surface area contributed by atoms with Crippen molar-refractivity contribution in [1.82, 2.24) is 0 Å². The van der Waals surface area contributed by atoms with Gasteiger partial charge in [0.15, 0.2) is 0 Å². The normalized spacial score (nSPS) is 14.0. The van der Waals surface area contributed by atoms with Crippen molar-refractivity contribution in [3.8, 4) is 9.75 Å². The Morgan fingerprint density at radius 2 is 1.33 bits per heavy atom. The number of hydrogen-bond donors (Lipinski definition) is 0. The van der Waals surface area contributed by atoms with Crippen molar-refractivity contribution >= 4 is 51.1 Å². The Morgan fingerprint density at radius 1 is 0.833 bits per heavy atom. The van der Waals surface area contributed by atoms with Crippen molar-refractivity contribution in [3.05, 3.63) is 22.9 Å². The Bertz CT molecular complexity index is 376. The molecule has 0 fully saturated rings. The fourth-order valence-electron chi connectivity index (χ4n) is 1.30. The van der Waals surface area contributed by atoms with Crippen LogP contribution in [0.3, 0.4) is 0 Å². The lowest BCUT2D eigenvalue weighted by Crippen LogP contribution is -2.34. The van der Waals surface area contributed by atoms with Gasteiger partial charge in [0.1, 0.15) is 0 Å². The maximum absolute atomic E-state index is 2.29. The zero-order chi connectivity index (χ0) is 7.97. The van der Waals surface area contributed by atoms with E-state index in [1.165, 1.54) is 9.75 Å². The molecule has 0 bridgehead atoms. The summed E-state index contributed by atoms with van der Waals surface area (Å²) in [7, 11) is 2.05. The molecule has 0 saturated heterocycles. The standard InChI is InChI=1S/C8H4S2Si2/c1-3-9-7-5(1)11-12-6-2-4-10-8(6)7/h1-4H. The van der Waals surface area contributed by atoms with Gasteiger partial charge in [0, 0.05) is 9.75 Å². The van der Waals surface area contributed by atoms with E-state index in [0.717, 1.165) is 18.1 Å². The molecule has 4 heteroatoms. The molecule has 1 aliphatic heterocycles. The Hall–Kier alpha value is -0.166.